The highest BCUT2D eigenvalue weighted by Gasteiger charge is 2.31. The van der Waals surface area contributed by atoms with Crippen molar-refractivity contribution in [3.8, 4) is 0 Å². The number of rotatable bonds is 10. The summed E-state index contributed by atoms with van der Waals surface area (Å²) < 4.78 is 25.9. The molecule has 7 nitrogen and oxygen atoms in total. The van der Waals surface area contributed by atoms with E-state index >= 15 is 0 Å². The molecule has 1 N–H and O–H groups in total. The van der Waals surface area contributed by atoms with E-state index in [0.29, 0.717) is 18.7 Å². The molecule has 0 aromatic heterocycles. The van der Waals surface area contributed by atoms with Crippen LogP contribution in [0.15, 0.2) is 60.7 Å². The standard InChI is InChI=1S/C22H29N3O4S/c1-4-20(22(27)23-5-2)24(16-18-12-8-6-9-13-18)21(26)17-25(30(3,28)29)19-14-10-7-11-15-19/h6-15,20H,4-5,16-17H2,1-3H3,(H,23,27)/t20-/m1/s1. The SMILES string of the molecule is CCNC(=O)[C@@H](CC)N(Cc1ccccc1)C(=O)CN(c1ccccc1)S(C)(=O)=O. The summed E-state index contributed by atoms with van der Waals surface area (Å²) in [6.07, 6.45) is 1.48. The number of hydrogen-bond donors (Lipinski definition) is 1. The summed E-state index contributed by atoms with van der Waals surface area (Å²) in [4.78, 5) is 27.4. The number of nitrogens with one attached hydrogen (secondary N) is 1. The molecule has 2 aromatic rings. The van der Waals surface area contributed by atoms with E-state index in [9.17, 15) is 18.0 Å². The van der Waals surface area contributed by atoms with Crippen LogP contribution in [0.25, 0.3) is 0 Å². The molecule has 0 radical (unpaired) electrons. The van der Waals surface area contributed by atoms with Crippen molar-refractivity contribution in [3.63, 3.8) is 0 Å². The topological polar surface area (TPSA) is 86.8 Å². The van der Waals surface area contributed by atoms with Crippen LogP contribution in [-0.2, 0) is 26.2 Å². The largest absolute Gasteiger partial charge is 0.355 e. The van der Waals surface area contributed by atoms with Gasteiger partial charge in [-0.25, -0.2) is 8.42 Å². The number of benzene rings is 2. The highest BCUT2D eigenvalue weighted by molar-refractivity contribution is 7.92. The third-order valence-electron chi connectivity index (χ3n) is 4.66. The van der Waals surface area contributed by atoms with Gasteiger partial charge >= 0.3 is 0 Å². The molecule has 0 bridgehead atoms. The van der Waals surface area contributed by atoms with Crippen molar-refractivity contribution in [2.45, 2.75) is 32.9 Å². The number of likely N-dealkylation sites (N-methyl/N-ethyl adjacent to an activating group) is 1. The van der Waals surface area contributed by atoms with Gasteiger partial charge in [-0.2, -0.15) is 0 Å². The fourth-order valence-corrected chi connectivity index (χ4v) is 4.05. The lowest BCUT2D eigenvalue weighted by atomic mass is 10.1. The Morgan fingerprint density at radius 3 is 2.03 bits per heavy atom. The van der Waals surface area contributed by atoms with E-state index in [-0.39, 0.29) is 19.0 Å². The van der Waals surface area contributed by atoms with Gasteiger partial charge in [0.2, 0.25) is 21.8 Å². The lowest BCUT2D eigenvalue weighted by Crippen LogP contribution is -2.52. The number of nitrogens with zero attached hydrogens (tertiary/aromatic N) is 2. The molecule has 0 aliphatic carbocycles. The first-order valence-corrected chi connectivity index (χ1v) is 11.8. The molecule has 0 saturated carbocycles. The van der Waals surface area contributed by atoms with Gasteiger partial charge in [0.1, 0.15) is 12.6 Å². The summed E-state index contributed by atoms with van der Waals surface area (Å²) in [5, 5.41) is 2.77. The van der Waals surface area contributed by atoms with Crippen LogP contribution in [0.3, 0.4) is 0 Å². The summed E-state index contributed by atoms with van der Waals surface area (Å²) in [5.41, 5.74) is 1.26. The van der Waals surface area contributed by atoms with Crippen LogP contribution >= 0.6 is 0 Å². The van der Waals surface area contributed by atoms with Crippen molar-refractivity contribution in [1.29, 1.82) is 0 Å². The zero-order valence-corrected chi connectivity index (χ0v) is 18.4. The fourth-order valence-electron chi connectivity index (χ4n) is 3.20. The molecular weight excluding hydrogens is 402 g/mol. The first-order chi connectivity index (χ1) is 14.3. The molecule has 30 heavy (non-hydrogen) atoms. The van der Waals surface area contributed by atoms with Gasteiger partial charge in [0, 0.05) is 13.1 Å². The smallest absolute Gasteiger partial charge is 0.244 e. The number of hydrogen-bond acceptors (Lipinski definition) is 4. The third-order valence-corrected chi connectivity index (χ3v) is 5.80. The Kier molecular flexibility index (Phi) is 8.41. The van der Waals surface area contributed by atoms with Crippen molar-refractivity contribution in [2.24, 2.45) is 0 Å². The summed E-state index contributed by atoms with van der Waals surface area (Å²) in [6.45, 7) is 3.92. The summed E-state index contributed by atoms with van der Waals surface area (Å²) in [7, 11) is -3.70. The second-order valence-electron chi connectivity index (χ2n) is 6.93. The van der Waals surface area contributed by atoms with Crippen LogP contribution in [0.2, 0.25) is 0 Å². The number of carbonyl (C=O) groups excluding carboxylic acids is 2. The van der Waals surface area contributed by atoms with Crippen LogP contribution in [0, 0.1) is 0 Å². The van der Waals surface area contributed by atoms with Gasteiger partial charge in [0.05, 0.1) is 11.9 Å². The van der Waals surface area contributed by atoms with E-state index in [1.807, 2.05) is 44.2 Å². The van der Waals surface area contributed by atoms with Crippen LogP contribution in [0.1, 0.15) is 25.8 Å². The molecule has 0 saturated heterocycles. The maximum atomic E-state index is 13.3. The average Bonchev–Trinajstić information content (AvgIpc) is 2.72. The predicted octanol–water partition coefficient (Wildman–Crippen LogP) is 2.40. The van der Waals surface area contributed by atoms with E-state index in [1.165, 1.54) is 4.90 Å². The number of anilines is 1. The van der Waals surface area contributed by atoms with Gasteiger partial charge in [0.15, 0.2) is 0 Å². The van der Waals surface area contributed by atoms with Gasteiger partial charge in [-0.05, 0) is 31.0 Å². The number of carbonyl (C=O) groups is 2. The zero-order chi connectivity index (χ0) is 22.1. The van der Waals surface area contributed by atoms with Crippen molar-refractivity contribution < 1.29 is 18.0 Å². The second-order valence-corrected chi connectivity index (χ2v) is 8.84. The van der Waals surface area contributed by atoms with Crippen molar-refractivity contribution in [1.82, 2.24) is 10.2 Å². The van der Waals surface area contributed by atoms with Gasteiger partial charge in [-0.3, -0.25) is 13.9 Å². The first-order valence-electron chi connectivity index (χ1n) is 9.91. The van der Waals surface area contributed by atoms with Crippen molar-refractivity contribution >= 4 is 27.5 Å². The molecule has 1 atom stereocenters. The van der Waals surface area contributed by atoms with Crippen LogP contribution in [-0.4, -0.2) is 50.5 Å². The normalized spacial score (nSPS) is 12.1. The fraction of sp³-hybridized carbons (Fsp3) is 0.364. The Hall–Kier alpha value is -2.87. The van der Waals surface area contributed by atoms with Crippen LogP contribution in [0.4, 0.5) is 5.69 Å². The Labute approximate surface area is 178 Å². The molecule has 0 unspecified atom stereocenters. The van der Waals surface area contributed by atoms with Gasteiger partial charge in [-0.15, -0.1) is 0 Å². The Balaban J connectivity index is 2.37. The second kappa shape index (κ2) is 10.8. The molecule has 0 aliphatic rings. The van der Waals surface area contributed by atoms with Gasteiger partial charge in [-0.1, -0.05) is 55.5 Å². The van der Waals surface area contributed by atoms with E-state index in [1.54, 1.807) is 30.3 Å². The first kappa shape index (κ1) is 23.4. The lowest BCUT2D eigenvalue weighted by Gasteiger charge is -2.32. The Morgan fingerprint density at radius 1 is 0.967 bits per heavy atom. The van der Waals surface area contributed by atoms with Crippen molar-refractivity contribution in [2.75, 3.05) is 23.7 Å². The van der Waals surface area contributed by atoms with E-state index in [2.05, 4.69) is 5.32 Å². The molecule has 0 fully saturated rings. The highest BCUT2D eigenvalue weighted by atomic mass is 32.2. The summed E-state index contributed by atoms with van der Waals surface area (Å²) in [5.74, 6) is -0.693. The zero-order valence-electron chi connectivity index (χ0n) is 17.6. The van der Waals surface area contributed by atoms with Gasteiger partial charge in [0.25, 0.3) is 0 Å². The Bertz CT molecular complexity index is 933. The van der Waals surface area contributed by atoms with Crippen LogP contribution < -0.4 is 9.62 Å². The molecule has 2 rings (SSSR count). The number of para-hydroxylation sites is 1. The quantitative estimate of drug-likeness (QED) is 0.626. The van der Waals surface area contributed by atoms with E-state index < -0.39 is 22.0 Å². The predicted molar refractivity (Wildman–Crippen MR) is 118 cm³/mol. The maximum Gasteiger partial charge on any atom is 0.244 e. The molecule has 2 amide bonds. The van der Waals surface area contributed by atoms with E-state index in [4.69, 9.17) is 0 Å². The number of amides is 2. The maximum absolute atomic E-state index is 13.3. The molecule has 0 aliphatic heterocycles. The minimum Gasteiger partial charge on any atom is -0.355 e. The third kappa shape index (κ3) is 6.32. The number of sulfonamides is 1. The lowest BCUT2D eigenvalue weighted by molar-refractivity contribution is -0.140. The van der Waals surface area contributed by atoms with Gasteiger partial charge < -0.3 is 10.2 Å². The highest BCUT2D eigenvalue weighted by Crippen LogP contribution is 2.19. The minimum atomic E-state index is -3.70. The van der Waals surface area contributed by atoms with Crippen molar-refractivity contribution in [3.05, 3.63) is 66.2 Å². The molecule has 0 spiro atoms. The summed E-state index contributed by atoms with van der Waals surface area (Å²) in [6, 6.07) is 17.1. The monoisotopic (exact) mass is 431 g/mol. The average molecular weight is 432 g/mol. The van der Waals surface area contributed by atoms with E-state index in [0.717, 1.165) is 16.1 Å². The Morgan fingerprint density at radius 2 is 1.53 bits per heavy atom. The molecule has 8 heteroatoms. The molecule has 162 valence electrons. The molecule has 0 heterocycles. The molecule has 2 aromatic carbocycles. The minimum absolute atomic E-state index is 0.210. The summed E-state index contributed by atoms with van der Waals surface area (Å²) >= 11 is 0. The molecular formula is C22H29N3O4S. The van der Waals surface area contributed by atoms with Crippen LogP contribution in [0.5, 0.6) is 0 Å².